The number of benzene rings is 1. The molecule has 0 bridgehead atoms. The summed E-state index contributed by atoms with van der Waals surface area (Å²) in [7, 11) is 1.73. The van der Waals surface area contributed by atoms with E-state index in [0.29, 0.717) is 0 Å². The standard InChI is InChI=1S/C18H26N2O/c1-13-7-6-8-18(15(13)3)20-14(2)11-17(16(20)4)12-19-9-10-21-5/h6-8,11,19H,9-10,12H2,1-5H3. The molecule has 0 saturated carbocycles. The summed E-state index contributed by atoms with van der Waals surface area (Å²) in [5.41, 5.74) is 7.91. The zero-order valence-corrected chi connectivity index (χ0v) is 13.8. The quantitative estimate of drug-likeness (QED) is 0.823. The van der Waals surface area contributed by atoms with E-state index in [-0.39, 0.29) is 0 Å². The highest BCUT2D eigenvalue weighted by Crippen LogP contribution is 2.24. The molecule has 0 radical (unpaired) electrons. The number of hydrogen-bond donors (Lipinski definition) is 1. The van der Waals surface area contributed by atoms with Crippen molar-refractivity contribution < 1.29 is 4.74 Å². The second-order valence-electron chi connectivity index (χ2n) is 5.62. The molecule has 0 unspecified atom stereocenters. The SMILES string of the molecule is COCCNCc1cc(C)n(-c2cccc(C)c2C)c1C. The van der Waals surface area contributed by atoms with Gasteiger partial charge < -0.3 is 14.6 Å². The van der Waals surface area contributed by atoms with Crippen LogP contribution in [0.2, 0.25) is 0 Å². The Morgan fingerprint density at radius 1 is 1.14 bits per heavy atom. The maximum absolute atomic E-state index is 5.07. The first-order chi connectivity index (χ1) is 10.1. The Morgan fingerprint density at radius 3 is 2.62 bits per heavy atom. The van der Waals surface area contributed by atoms with E-state index in [9.17, 15) is 0 Å². The molecule has 0 spiro atoms. The van der Waals surface area contributed by atoms with Gasteiger partial charge in [-0.1, -0.05) is 12.1 Å². The Labute approximate surface area is 127 Å². The van der Waals surface area contributed by atoms with Crippen LogP contribution in [-0.2, 0) is 11.3 Å². The van der Waals surface area contributed by atoms with Gasteiger partial charge in [0.25, 0.3) is 0 Å². The fourth-order valence-corrected chi connectivity index (χ4v) is 2.75. The van der Waals surface area contributed by atoms with Gasteiger partial charge in [0, 0.05) is 37.3 Å². The second-order valence-corrected chi connectivity index (χ2v) is 5.62. The topological polar surface area (TPSA) is 26.2 Å². The summed E-state index contributed by atoms with van der Waals surface area (Å²) >= 11 is 0. The number of aromatic nitrogens is 1. The highest BCUT2D eigenvalue weighted by molar-refractivity contribution is 5.49. The lowest BCUT2D eigenvalue weighted by Gasteiger charge is -2.14. The van der Waals surface area contributed by atoms with Crippen LogP contribution in [0.4, 0.5) is 0 Å². The van der Waals surface area contributed by atoms with Crippen LogP contribution < -0.4 is 5.32 Å². The van der Waals surface area contributed by atoms with E-state index in [4.69, 9.17) is 4.74 Å². The molecule has 0 saturated heterocycles. The largest absolute Gasteiger partial charge is 0.383 e. The number of nitrogens with one attached hydrogen (secondary N) is 1. The molecule has 1 heterocycles. The summed E-state index contributed by atoms with van der Waals surface area (Å²) in [5.74, 6) is 0. The van der Waals surface area contributed by atoms with Gasteiger partial charge in [-0.25, -0.2) is 0 Å². The molecule has 2 rings (SSSR count). The molecule has 0 atom stereocenters. The van der Waals surface area contributed by atoms with Crippen molar-refractivity contribution in [3.05, 3.63) is 52.3 Å². The summed E-state index contributed by atoms with van der Waals surface area (Å²) in [6, 6.07) is 8.77. The highest BCUT2D eigenvalue weighted by atomic mass is 16.5. The Morgan fingerprint density at radius 2 is 1.90 bits per heavy atom. The van der Waals surface area contributed by atoms with Gasteiger partial charge >= 0.3 is 0 Å². The molecule has 3 nitrogen and oxygen atoms in total. The number of aryl methyl sites for hydroxylation is 2. The van der Waals surface area contributed by atoms with Crippen molar-refractivity contribution in [2.24, 2.45) is 0 Å². The average Bonchev–Trinajstić information content (AvgIpc) is 2.73. The van der Waals surface area contributed by atoms with Crippen molar-refractivity contribution >= 4 is 0 Å². The number of ether oxygens (including phenoxy) is 1. The summed E-state index contributed by atoms with van der Waals surface area (Å²) in [6.07, 6.45) is 0. The van der Waals surface area contributed by atoms with Crippen LogP contribution in [0.15, 0.2) is 24.3 Å². The number of methoxy groups -OCH3 is 1. The third-order valence-electron chi connectivity index (χ3n) is 4.15. The highest BCUT2D eigenvalue weighted by Gasteiger charge is 2.12. The lowest BCUT2D eigenvalue weighted by Crippen LogP contribution is -2.18. The van der Waals surface area contributed by atoms with Crippen LogP contribution in [0.5, 0.6) is 0 Å². The normalized spacial score (nSPS) is 11.1. The molecule has 3 heteroatoms. The van der Waals surface area contributed by atoms with E-state index >= 15 is 0 Å². The fourth-order valence-electron chi connectivity index (χ4n) is 2.75. The first kappa shape index (κ1) is 15.8. The van der Waals surface area contributed by atoms with Crippen LogP contribution in [0.25, 0.3) is 5.69 Å². The maximum Gasteiger partial charge on any atom is 0.0587 e. The van der Waals surface area contributed by atoms with Crippen LogP contribution >= 0.6 is 0 Å². The number of nitrogens with zero attached hydrogens (tertiary/aromatic N) is 1. The molecule has 0 amide bonds. The van der Waals surface area contributed by atoms with E-state index in [2.05, 4.69) is 61.8 Å². The van der Waals surface area contributed by atoms with Crippen LogP contribution in [0.3, 0.4) is 0 Å². The van der Waals surface area contributed by atoms with Crippen molar-refractivity contribution in [2.75, 3.05) is 20.3 Å². The molecule has 21 heavy (non-hydrogen) atoms. The average molecular weight is 286 g/mol. The number of rotatable bonds is 6. The van der Waals surface area contributed by atoms with E-state index in [1.165, 1.54) is 33.8 Å². The third-order valence-corrected chi connectivity index (χ3v) is 4.15. The predicted octanol–water partition coefficient (Wildman–Crippen LogP) is 3.45. The van der Waals surface area contributed by atoms with Gasteiger partial charge in [-0.3, -0.25) is 0 Å². The molecule has 114 valence electrons. The van der Waals surface area contributed by atoms with Gasteiger partial charge in [0.15, 0.2) is 0 Å². The molecular weight excluding hydrogens is 260 g/mol. The van der Waals surface area contributed by atoms with Crippen LogP contribution in [0, 0.1) is 27.7 Å². The fraction of sp³-hybridized carbons (Fsp3) is 0.444. The van der Waals surface area contributed by atoms with Gasteiger partial charge in [0.2, 0.25) is 0 Å². The van der Waals surface area contributed by atoms with Gasteiger partial charge in [-0.05, 0) is 56.5 Å². The lowest BCUT2D eigenvalue weighted by atomic mass is 10.1. The Balaban J connectivity index is 2.29. The summed E-state index contributed by atoms with van der Waals surface area (Å²) in [5, 5.41) is 3.42. The molecule has 0 fully saturated rings. The van der Waals surface area contributed by atoms with Gasteiger partial charge in [0.05, 0.1) is 6.61 Å². The minimum Gasteiger partial charge on any atom is -0.383 e. The van der Waals surface area contributed by atoms with Gasteiger partial charge in [0.1, 0.15) is 0 Å². The Kier molecular flexibility index (Phi) is 5.21. The second kappa shape index (κ2) is 6.92. The molecule has 1 aromatic carbocycles. The summed E-state index contributed by atoms with van der Waals surface area (Å²) < 4.78 is 7.43. The maximum atomic E-state index is 5.07. The van der Waals surface area contributed by atoms with Crippen molar-refractivity contribution in [3.8, 4) is 5.69 Å². The van der Waals surface area contributed by atoms with E-state index in [1.807, 2.05) is 0 Å². The van der Waals surface area contributed by atoms with Crippen molar-refractivity contribution in [1.82, 2.24) is 9.88 Å². The predicted molar refractivity (Wildman–Crippen MR) is 88.3 cm³/mol. The molecule has 0 aliphatic rings. The lowest BCUT2D eigenvalue weighted by molar-refractivity contribution is 0.199. The zero-order valence-electron chi connectivity index (χ0n) is 13.8. The monoisotopic (exact) mass is 286 g/mol. The third kappa shape index (κ3) is 3.36. The summed E-state index contributed by atoms with van der Waals surface area (Å²) in [6.45, 7) is 11.2. The number of hydrogen-bond acceptors (Lipinski definition) is 2. The summed E-state index contributed by atoms with van der Waals surface area (Å²) in [4.78, 5) is 0. The van der Waals surface area contributed by atoms with Crippen LogP contribution in [-0.4, -0.2) is 24.8 Å². The first-order valence-corrected chi connectivity index (χ1v) is 7.50. The van der Waals surface area contributed by atoms with Gasteiger partial charge in [-0.2, -0.15) is 0 Å². The zero-order chi connectivity index (χ0) is 15.4. The Hall–Kier alpha value is -1.58. The van der Waals surface area contributed by atoms with Crippen molar-refractivity contribution in [1.29, 1.82) is 0 Å². The Bertz CT molecular complexity index is 614. The molecule has 0 aliphatic carbocycles. The smallest absolute Gasteiger partial charge is 0.0587 e. The van der Waals surface area contributed by atoms with E-state index < -0.39 is 0 Å². The van der Waals surface area contributed by atoms with Gasteiger partial charge in [-0.15, -0.1) is 0 Å². The first-order valence-electron chi connectivity index (χ1n) is 7.50. The molecule has 0 aliphatic heterocycles. The van der Waals surface area contributed by atoms with E-state index in [1.54, 1.807) is 7.11 Å². The van der Waals surface area contributed by atoms with Crippen molar-refractivity contribution in [3.63, 3.8) is 0 Å². The molecule has 1 N–H and O–H groups in total. The minimum atomic E-state index is 0.746. The molecule has 2 aromatic rings. The minimum absolute atomic E-state index is 0.746. The van der Waals surface area contributed by atoms with Crippen molar-refractivity contribution in [2.45, 2.75) is 34.2 Å². The molecule has 1 aromatic heterocycles. The molecular formula is C18H26N2O. The van der Waals surface area contributed by atoms with E-state index in [0.717, 1.165) is 19.7 Å². The van der Waals surface area contributed by atoms with Crippen LogP contribution in [0.1, 0.15) is 28.1 Å².